The zero-order valence-electron chi connectivity index (χ0n) is 16.3. The van der Waals surface area contributed by atoms with Crippen LogP contribution in [0, 0.1) is 0 Å². The van der Waals surface area contributed by atoms with Crippen LogP contribution in [0.2, 0.25) is 0 Å². The molecule has 150 valence electrons. The molecule has 0 bridgehead atoms. The van der Waals surface area contributed by atoms with Gasteiger partial charge in [0.15, 0.2) is 5.96 Å². The van der Waals surface area contributed by atoms with Crippen LogP contribution in [0.15, 0.2) is 45.3 Å². The minimum atomic E-state index is 0. The van der Waals surface area contributed by atoms with E-state index in [0.29, 0.717) is 0 Å². The van der Waals surface area contributed by atoms with Crippen LogP contribution in [0.25, 0.3) is 0 Å². The standard InChI is InChI=1S/C20H30N4OS.HI/c1-21-20(23(2)13-10-17-8-7-15-26-17)22-16-18(19-9-6-14-25-19)24-11-4-3-5-12-24;/h6-9,14-15,18H,3-5,10-13,16H2,1-2H3,(H,21,22);1H. The average Bonchev–Trinajstić information content (AvgIpc) is 3.38. The maximum atomic E-state index is 5.74. The molecule has 27 heavy (non-hydrogen) atoms. The lowest BCUT2D eigenvalue weighted by Gasteiger charge is -2.34. The van der Waals surface area contributed by atoms with Gasteiger partial charge in [-0.1, -0.05) is 12.5 Å². The first-order valence-electron chi connectivity index (χ1n) is 9.49. The molecule has 0 saturated carbocycles. The van der Waals surface area contributed by atoms with E-state index in [-0.39, 0.29) is 30.0 Å². The predicted octanol–water partition coefficient (Wildman–Crippen LogP) is 4.24. The largest absolute Gasteiger partial charge is 0.468 e. The molecule has 7 heteroatoms. The van der Waals surface area contributed by atoms with Crippen molar-refractivity contribution in [2.75, 3.05) is 40.3 Å². The third-order valence-electron chi connectivity index (χ3n) is 5.00. The van der Waals surface area contributed by atoms with Crippen molar-refractivity contribution in [3.63, 3.8) is 0 Å². The maximum Gasteiger partial charge on any atom is 0.193 e. The van der Waals surface area contributed by atoms with Crippen LogP contribution in [0.3, 0.4) is 0 Å². The van der Waals surface area contributed by atoms with Crippen molar-refractivity contribution in [3.8, 4) is 0 Å². The number of nitrogens with one attached hydrogen (secondary N) is 1. The second kappa shape index (κ2) is 11.7. The summed E-state index contributed by atoms with van der Waals surface area (Å²) in [5.74, 6) is 1.98. The summed E-state index contributed by atoms with van der Waals surface area (Å²) in [6, 6.07) is 8.63. The summed E-state index contributed by atoms with van der Waals surface area (Å²) in [4.78, 5) is 10.6. The summed E-state index contributed by atoms with van der Waals surface area (Å²) in [6.07, 6.45) is 6.69. The second-order valence-corrected chi connectivity index (χ2v) is 7.84. The van der Waals surface area contributed by atoms with Crippen molar-refractivity contribution in [1.82, 2.24) is 15.1 Å². The molecule has 3 rings (SSSR count). The van der Waals surface area contributed by atoms with Gasteiger partial charge in [0, 0.05) is 32.1 Å². The Morgan fingerprint density at radius 2 is 2.11 bits per heavy atom. The van der Waals surface area contributed by atoms with E-state index in [1.165, 1.54) is 24.1 Å². The SMILES string of the molecule is CN=C(NCC(c1ccco1)N1CCCCC1)N(C)CCc1cccs1.I. The predicted molar refractivity (Wildman–Crippen MR) is 124 cm³/mol. The number of nitrogens with zero attached hydrogens (tertiary/aromatic N) is 3. The lowest BCUT2D eigenvalue weighted by molar-refractivity contribution is 0.146. The van der Waals surface area contributed by atoms with Gasteiger partial charge in [-0.15, -0.1) is 35.3 Å². The maximum absolute atomic E-state index is 5.74. The molecule has 1 aliphatic heterocycles. The number of hydrogen-bond donors (Lipinski definition) is 1. The molecule has 2 aromatic rings. The van der Waals surface area contributed by atoms with Gasteiger partial charge in [0.25, 0.3) is 0 Å². The summed E-state index contributed by atoms with van der Waals surface area (Å²) in [6.45, 7) is 4.04. The van der Waals surface area contributed by atoms with E-state index in [1.807, 2.05) is 24.5 Å². The molecule has 3 heterocycles. The second-order valence-electron chi connectivity index (χ2n) is 6.81. The topological polar surface area (TPSA) is 44.0 Å². The van der Waals surface area contributed by atoms with Crippen LogP contribution >= 0.6 is 35.3 Å². The fourth-order valence-corrected chi connectivity index (χ4v) is 4.23. The van der Waals surface area contributed by atoms with Gasteiger partial charge in [-0.25, -0.2) is 0 Å². The van der Waals surface area contributed by atoms with Crippen molar-refractivity contribution in [2.24, 2.45) is 4.99 Å². The Labute approximate surface area is 183 Å². The normalized spacial score (nSPS) is 16.6. The van der Waals surface area contributed by atoms with Crippen molar-refractivity contribution < 1.29 is 4.42 Å². The third kappa shape index (κ3) is 6.50. The summed E-state index contributed by atoms with van der Waals surface area (Å²) in [5.41, 5.74) is 0. The van der Waals surface area contributed by atoms with Gasteiger partial charge in [0.05, 0.1) is 12.3 Å². The Morgan fingerprint density at radius 3 is 2.74 bits per heavy atom. The number of hydrogen-bond acceptors (Lipinski definition) is 4. The third-order valence-corrected chi connectivity index (χ3v) is 5.94. The van der Waals surface area contributed by atoms with Gasteiger partial charge in [-0.3, -0.25) is 9.89 Å². The first kappa shape index (κ1) is 22.2. The first-order chi connectivity index (χ1) is 12.8. The minimum absolute atomic E-state index is 0. The number of rotatable bonds is 7. The number of aliphatic imine (C=N–C) groups is 1. The highest BCUT2D eigenvalue weighted by Gasteiger charge is 2.25. The van der Waals surface area contributed by atoms with Gasteiger partial charge in [-0.05, 0) is 55.9 Å². The molecule has 1 unspecified atom stereocenters. The fraction of sp³-hybridized carbons (Fsp3) is 0.550. The number of piperidine rings is 1. The van der Waals surface area contributed by atoms with Crippen molar-refractivity contribution in [3.05, 3.63) is 46.5 Å². The molecule has 2 aromatic heterocycles. The number of thiophene rings is 1. The summed E-state index contributed by atoms with van der Waals surface area (Å²) < 4.78 is 5.74. The Bertz CT molecular complexity index is 654. The summed E-state index contributed by atoms with van der Waals surface area (Å²) in [5, 5.41) is 5.70. The molecule has 5 nitrogen and oxygen atoms in total. The number of likely N-dealkylation sites (N-methyl/N-ethyl adjacent to an activating group) is 1. The van der Waals surface area contributed by atoms with Gasteiger partial charge >= 0.3 is 0 Å². The Balaban J connectivity index is 0.00000261. The molecule has 1 fully saturated rings. The highest BCUT2D eigenvalue weighted by Crippen LogP contribution is 2.24. The smallest absolute Gasteiger partial charge is 0.193 e. The minimum Gasteiger partial charge on any atom is -0.468 e. The van der Waals surface area contributed by atoms with Crippen molar-refractivity contribution in [2.45, 2.75) is 31.7 Å². The van der Waals surface area contributed by atoms with Gasteiger partial charge < -0.3 is 14.6 Å². The van der Waals surface area contributed by atoms with Crippen LogP contribution in [0.1, 0.15) is 35.9 Å². The zero-order valence-corrected chi connectivity index (χ0v) is 19.4. The van der Waals surface area contributed by atoms with Gasteiger partial charge in [-0.2, -0.15) is 0 Å². The molecule has 0 aliphatic carbocycles. The Hall–Kier alpha value is -1.06. The molecule has 0 radical (unpaired) electrons. The van der Waals surface area contributed by atoms with Gasteiger partial charge in [0.2, 0.25) is 0 Å². The molecule has 1 N–H and O–H groups in total. The van der Waals surface area contributed by atoms with Crippen LogP contribution in [-0.2, 0) is 6.42 Å². The lowest BCUT2D eigenvalue weighted by atomic mass is 10.1. The van der Waals surface area contributed by atoms with Crippen LogP contribution in [0.4, 0.5) is 0 Å². The van der Waals surface area contributed by atoms with E-state index in [2.05, 4.69) is 50.7 Å². The Kier molecular flexibility index (Phi) is 9.64. The molecule has 0 amide bonds. The number of furan rings is 1. The molecule has 1 atom stereocenters. The average molecular weight is 502 g/mol. The van der Waals surface area contributed by atoms with Crippen LogP contribution in [-0.4, -0.2) is 56.0 Å². The summed E-state index contributed by atoms with van der Waals surface area (Å²) >= 11 is 1.81. The van der Waals surface area contributed by atoms with Crippen molar-refractivity contribution in [1.29, 1.82) is 0 Å². The molecule has 0 spiro atoms. The Morgan fingerprint density at radius 1 is 1.30 bits per heavy atom. The van der Waals surface area contributed by atoms with E-state index in [9.17, 15) is 0 Å². The molecular weight excluding hydrogens is 471 g/mol. The lowest BCUT2D eigenvalue weighted by Crippen LogP contribution is -2.45. The molecular formula is C20H31IN4OS. The van der Waals surface area contributed by atoms with E-state index in [4.69, 9.17) is 4.42 Å². The van der Waals surface area contributed by atoms with Gasteiger partial charge in [0.1, 0.15) is 5.76 Å². The molecule has 1 aliphatic rings. The first-order valence-corrected chi connectivity index (χ1v) is 10.4. The number of guanidine groups is 1. The highest BCUT2D eigenvalue weighted by molar-refractivity contribution is 14.0. The number of halogens is 1. The van der Waals surface area contributed by atoms with Crippen LogP contribution in [0.5, 0.6) is 0 Å². The highest BCUT2D eigenvalue weighted by atomic mass is 127. The number of likely N-dealkylation sites (tertiary alicyclic amines) is 1. The fourth-order valence-electron chi connectivity index (χ4n) is 3.53. The summed E-state index contributed by atoms with van der Waals surface area (Å²) in [7, 11) is 3.96. The quantitative estimate of drug-likeness (QED) is 0.350. The van der Waals surface area contributed by atoms with Crippen LogP contribution < -0.4 is 5.32 Å². The van der Waals surface area contributed by atoms with E-state index < -0.39 is 0 Å². The monoisotopic (exact) mass is 502 g/mol. The zero-order chi connectivity index (χ0) is 18.2. The van der Waals surface area contributed by atoms with E-state index in [0.717, 1.165) is 44.3 Å². The van der Waals surface area contributed by atoms with E-state index >= 15 is 0 Å². The molecule has 1 saturated heterocycles. The van der Waals surface area contributed by atoms with Crippen molar-refractivity contribution >= 4 is 41.3 Å². The van der Waals surface area contributed by atoms with E-state index in [1.54, 1.807) is 6.26 Å². The molecule has 0 aromatic carbocycles.